The SMILES string of the molecule is CCCCCCCCCOP(=O)(O)OCCN1CCCN(C(CCCCCC)CCCCCC)CC1. The summed E-state index contributed by atoms with van der Waals surface area (Å²) in [6.45, 7) is 12.3. The maximum Gasteiger partial charge on any atom is 0.472 e. The molecule has 0 radical (unpaired) electrons. The molecule has 0 aromatic heterocycles. The zero-order valence-corrected chi connectivity index (χ0v) is 25.2. The van der Waals surface area contributed by atoms with Crippen molar-refractivity contribution in [3.63, 3.8) is 0 Å². The van der Waals surface area contributed by atoms with Crippen molar-refractivity contribution in [2.75, 3.05) is 45.9 Å². The molecule has 1 aliphatic rings. The van der Waals surface area contributed by atoms with Gasteiger partial charge in [0.25, 0.3) is 0 Å². The van der Waals surface area contributed by atoms with Gasteiger partial charge in [0.15, 0.2) is 0 Å². The summed E-state index contributed by atoms with van der Waals surface area (Å²) in [5.74, 6) is 0. The fourth-order valence-electron chi connectivity index (χ4n) is 5.26. The van der Waals surface area contributed by atoms with E-state index in [-0.39, 0.29) is 6.61 Å². The average molecular weight is 533 g/mol. The molecule has 0 aromatic carbocycles. The van der Waals surface area contributed by atoms with Gasteiger partial charge in [-0.15, -0.1) is 0 Å². The van der Waals surface area contributed by atoms with Gasteiger partial charge >= 0.3 is 7.82 Å². The Kier molecular flexibility index (Phi) is 21.7. The maximum absolute atomic E-state index is 12.2. The fourth-order valence-corrected chi connectivity index (χ4v) is 6.01. The van der Waals surface area contributed by atoms with E-state index in [4.69, 9.17) is 9.05 Å². The molecule has 1 rings (SSSR count). The van der Waals surface area contributed by atoms with E-state index in [1.165, 1.54) is 103 Å². The molecule has 36 heavy (non-hydrogen) atoms. The van der Waals surface area contributed by atoms with Gasteiger partial charge in [-0.1, -0.05) is 111 Å². The third-order valence-electron chi connectivity index (χ3n) is 7.59. The molecule has 7 heteroatoms. The number of phosphoric acid groups is 1. The van der Waals surface area contributed by atoms with Crippen LogP contribution in [0, 0.1) is 0 Å². The van der Waals surface area contributed by atoms with Crippen LogP contribution in [-0.4, -0.2) is 66.7 Å². The van der Waals surface area contributed by atoms with Gasteiger partial charge < -0.3 is 4.89 Å². The highest BCUT2D eigenvalue weighted by Gasteiger charge is 2.24. The van der Waals surface area contributed by atoms with Gasteiger partial charge in [-0.2, -0.15) is 0 Å². The van der Waals surface area contributed by atoms with Gasteiger partial charge in [-0.25, -0.2) is 4.57 Å². The molecule has 1 N–H and O–H groups in total. The van der Waals surface area contributed by atoms with Crippen LogP contribution in [0.4, 0.5) is 0 Å². The number of rotatable bonds is 24. The second kappa shape index (κ2) is 23.0. The molecular formula is C29H61N2O4P. The third kappa shape index (κ3) is 18.3. The molecule has 0 spiro atoms. The molecule has 0 aliphatic carbocycles. The number of phosphoric ester groups is 1. The molecule has 0 amide bonds. The lowest BCUT2D eigenvalue weighted by Crippen LogP contribution is -2.39. The largest absolute Gasteiger partial charge is 0.472 e. The van der Waals surface area contributed by atoms with Crippen molar-refractivity contribution in [1.82, 2.24) is 9.80 Å². The van der Waals surface area contributed by atoms with Crippen molar-refractivity contribution in [3.8, 4) is 0 Å². The molecule has 216 valence electrons. The highest BCUT2D eigenvalue weighted by Crippen LogP contribution is 2.43. The Labute approximate surface area is 224 Å². The Balaban J connectivity index is 2.29. The van der Waals surface area contributed by atoms with Crippen molar-refractivity contribution < 1.29 is 18.5 Å². The van der Waals surface area contributed by atoms with E-state index < -0.39 is 7.82 Å². The van der Waals surface area contributed by atoms with E-state index in [1.807, 2.05) is 0 Å². The monoisotopic (exact) mass is 532 g/mol. The summed E-state index contributed by atoms with van der Waals surface area (Å²) in [7, 11) is -3.94. The highest BCUT2D eigenvalue weighted by atomic mass is 31.2. The molecule has 1 fully saturated rings. The first-order valence-electron chi connectivity index (χ1n) is 15.6. The second-order valence-electron chi connectivity index (χ2n) is 10.8. The summed E-state index contributed by atoms with van der Waals surface area (Å²) in [6, 6.07) is 0.715. The van der Waals surface area contributed by atoms with Crippen molar-refractivity contribution in [1.29, 1.82) is 0 Å². The average Bonchev–Trinajstić information content (AvgIpc) is 3.10. The first-order valence-corrected chi connectivity index (χ1v) is 17.1. The summed E-state index contributed by atoms with van der Waals surface area (Å²) >= 11 is 0. The first kappa shape index (κ1) is 34.1. The standard InChI is InChI=1S/C29H61N2O4P/c1-4-7-10-13-14-15-18-27-34-36(32,33)35-28-26-30-22-19-23-31(25-24-30)29(20-16-11-8-5-2)21-17-12-9-6-3/h29H,4-28H2,1-3H3,(H,32,33). The van der Waals surface area contributed by atoms with E-state index in [1.54, 1.807) is 0 Å². The lowest BCUT2D eigenvalue weighted by molar-refractivity contribution is 0.128. The first-order chi connectivity index (χ1) is 17.5. The maximum atomic E-state index is 12.2. The van der Waals surface area contributed by atoms with Crippen LogP contribution in [-0.2, 0) is 13.6 Å². The van der Waals surface area contributed by atoms with Crippen LogP contribution in [0.25, 0.3) is 0 Å². The quantitative estimate of drug-likeness (QED) is 0.0999. The molecule has 6 nitrogen and oxygen atoms in total. The van der Waals surface area contributed by atoms with Crippen LogP contribution in [0.1, 0.15) is 136 Å². The predicted octanol–water partition coefficient (Wildman–Crippen LogP) is 8.19. The number of hydrogen-bond donors (Lipinski definition) is 1. The zero-order valence-electron chi connectivity index (χ0n) is 24.3. The van der Waals surface area contributed by atoms with Crippen LogP contribution in [0.3, 0.4) is 0 Å². The minimum Gasteiger partial charge on any atom is -0.302 e. The Bertz CT molecular complexity index is 525. The summed E-state index contributed by atoms with van der Waals surface area (Å²) in [5, 5.41) is 0. The van der Waals surface area contributed by atoms with Gasteiger partial charge in [0.05, 0.1) is 13.2 Å². The summed E-state index contributed by atoms with van der Waals surface area (Å²) in [4.78, 5) is 15.1. The molecule has 0 aromatic rings. The lowest BCUT2D eigenvalue weighted by atomic mass is 9.99. The van der Waals surface area contributed by atoms with Crippen molar-refractivity contribution in [3.05, 3.63) is 0 Å². The van der Waals surface area contributed by atoms with Crippen molar-refractivity contribution in [2.24, 2.45) is 0 Å². The zero-order chi connectivity index (χ0) is 26.3. The van der Waals surface area contributed by atoms with Gasteiger partial charge in [-0.05, 0) is 38.8 Å². The van der Waals surface area contributed by atoms with Crippen LogP contribution < -0.4 is 0 Å². The van der Waals surface area contributed by atoms with Crippen LogP contribution >= 0.6 is 7.82 Å². The Morgan fingerprint density at radius 2 is 1.19 bits per heavy atom. The normalized spacial score (nSPS) is 17.5. The molecule has 1 unspecified atom stereocenters. The summed E-state index contributed by atoms with van der Waals surface area (Å²) < 4.78 is 22.7. The molecule has 1 heterocycles. The van der Waals surface area contributed by atoms with E-state index in [0.29, 0.717) is 19.2 Å². The molecule has 1 saturated heterocycles. The molecule has 0 bridgehead atoms. The molecule has 1 aliphatic heterocycles. The Morgan fingerprint density at radius 1 is 0.667 bits per heavy atom. The topological polar surface area (TPSA) is 62.2 Å². The van der Waals surface area contributed by atoms with E-state index in [0.717, 1.165) is 38.9 Å². The van der Waals surface area contributed by atoms with E-state index >= 15 is 0 Å². The molecule has 1 atom stereocenters. The van der Waals surface area contributed by atoms with Gasteiger partial charge in [-0.3, -0.25) is 18.8 Å². The Morgan fingerprint density at radius 3 is 1.81 bits per heavy atom. The third-order valence-corrected chi connectivity index (χ3v) is 8.60. The Hall–Kier alpha value is 0.0300. The van der Waals surface area contributed by atoms with Crippen molar-refractivity contribution >= 4 is 7.82 Å². The molecular weight excluding hydrogens is 471 g/mol. The predicted molar refractivity (Wildman–Crippen MR) is 154 cm³/mol. The van der Waals surface area contributed by atoms with Crippen LogP contribution in [0.15, 0.2) is 0 Å². The minimum absolute atomic E-state index is 0.252. The van der Waals surface area contributed by atoms with Crippen molar-refractivity contribution in [2.45, 2.75) is 142 Å². The van der Waals surface area contributed by atoms with Gasteiger partial charge in [0, 0.05) is 25.7 Å². The smallest absolute Gasteiger partial charge is 0.302 e. The summed E-state index contributed by atoms with van der Waals surface area (Å²) in [6.07, 6.45) is 22.7. The van der Waals surface area contributed by atoms with E-state index in [9.17, 15) is 9.46 Å². The lowest BCUT2D eigenvalue weighted by Gasteiger charge is -2.31. The number of hydrogen-bond acceptors (Lipinski definition) is 5. The highest BCUT2D eigenvalue weighted by molar-refractivity contribution is 7.47. The van der Waals surface area contributed by atoms with Crippen LogP contribution in [0.5, 0.6) is 0 Å². The van der Waals surface area contributed by atoms with Gasteiger partial charge in [0.2, 0.25) is 0 Å². The fraction of sp³-hybridized carbons (Fsp3) is 1.00. The number of nitrogens with zero attached hydrogens (tertiary/aromatic N) is 2. The van der Waals surface area contributed by atoms with Gasteiger partial charge in [0.1, 0.15) is 0 Å². The minimum atomic E-state index is -3.94. The summed E-state index contributed by atoms with van der Waals surface area (Å²) in [5.41, 5.74) is 0. The van der Waals surface area contributed by atoms with E-state index in [2.05, 4.69) is 30.6 Å². The number of unbranched alkanes of at least 4 members (excludes halogenated alkanes) is 12. The molecule has 0 saturated carbocycles. The second-order valence-corrected chi connectivity index (χ2v) is 12.3. The van der Waals surface area contributed by atoms with Crippen LogP contribution in [0.2, 0.25) is 0 Å².